The average Bonchev–Trinajstić information content (AvgIpc) is 1.37. The maximum atomic E-state index is 8.57. The van der Waals surface area contributed by atoms with Gasteiger partial charge in [0.1, 0.15) is 0 Å². The van der Waals surface area contributed by atoms with Crippen molar-refractivity contribution in [2.24, 2.45) is 5.29 Å². The molecule has 1 N–H and O–H groups in total. The Kier molecular flexibility index (Phi) is 1.98. The van der Waals surface area contributed by atoms with Crippen molar-refractivity contribution in [1.82, 2.24) is 5.59 Å². The van der Waals surface area contributed by atoms with Crippen molar-refractivity contribution in [1.29, 1.82) is 0 Å². The highest BCUT2D eigenvalue weighted by Crippen LogP contribution is 1.32. The Labute approximate surface area is 22.3 Å². The third-order valence-electron chi connectivity index (χ3n) is 0.0373. The van der Waals surface area contributed by atoms with E-state index in [4.69, 9.17) is 10.1 Å². The van der Waals surface area contributed by atoms with E-state index in [0.717, 1.165) is 5.59 Å². The summed E-state index contributed by atoms with van der Waals surface area (Å²) in [6, 6.07) is 0. The van der Waals surface area contributed by atoms with Crippen LogP contribution in [-0.4, -0.2) is 0 Å². The minimum absolute atomic E-state index is 0.750. The Morgan fingerprint density at radius 1 is 1.75 bits per heavy atom. The molecule has 0 amide bonds. The lowest BCUT2D eigenvalue weighted by Crippen LogP contribution is -1.85. The van der Waals surface area contributed by atoms with Gasteiger partial charge in [0.05, 0.1) is 5.29 Å². The van der Waals surface area contributed by atoms with Gasteiger partial charge in [0.15, 0.2) is 0 Å². The topological polar surface area (TPSA) is 61.4 Å². The van der Waals surface area contributed by atoms with Gasteiger partial charge in [-0.05, 0) is 0 Å². The van der Waals surface area contributed by atoms with Crippen molar-refractivity contribution >= 4 is 0 Å². The van der Waals surface area contributed by atoms with E-state index in [2.05, 4.69) is 0 Å². The molecule has 4 nitrogen and oxygen atoms in total. The van der Waals surface area contributed by atoms with Gasteiger partial charge in [0.2, 0.25) is 0 Å². The van der Waals surface area contributed by atoms with E-state index in [1.165, 1.54) is 0 Å². The van der Waals surface area contributed by atoms with Gasteiger partial charge in [-0.15, -0.1) is 10.5 Å². The van der Waals surface area contributed by atoms with Crippen molar-refractivity contribution in [2.75, 3.05) is 0 Å². The lowest BCUT2D eigenvalue weighted by molar-refractivity contribution is 0.0775. The average molecular weight is 61.0 g/mol. The van der Waals surface area contributed by atoms with Crippen molar-refractivity contribution in [3.05, 3.63) is 4.91 Å². The molecule has 4 heavy (non-hydrogen) atoms. The zero-order chi connectivity index (χ0) is 3.41. The number of rotatable bonds is 1. The molecule has 0 aromatic rings. The number of nitrogens with one attached hydrogen (secondary N) is 1. The zero-order valence-corrected chi connectivity index (χ0v) is 1.76. The van der Waals surface area contributed by atoms with E-state index >= 15 is 0 Å². The normalized spacial score (nSPS) is 5.25. The summed E-state index contributed by atoms with van der Waals surface area (Å²) in [6.07, 6.45) is 0. The van der Waals surface area contributed by atoms with E-state index < -0.39 is 0 Å². The van der Waals surface area contributed by atoms with E-state index in [1.54, 1.807) is 5.29 Å². The summed E-state index contributed by atoms with van der Waals surface area (Å²) in [5.74, 6) is 0. The van der Waals surface area contributed by atoms with Gasteiger partial charge >= 0.3 is 0 Å². The first-order valence-corrected chi connectivity index (χ1v) is 0.610. The smallest absolute Gasteiger partial charge is 0.0787 e. The molecule has 0 aromatic carbocycles. The third-order valence-corrected chi connectivity index (χ3v) is 0.0373. The van der Waals surface area contributed by atoms with Gasteiger partial charge in [-0.3, -0.25) is 0 Å². The molecule has 4 heteroatoms. The second kappa shape index (κ2) is 2.36. The lowest BCUT2D eigenvalue weighted by Gasteiger charge is -1.56. The van der Waals surface area contributed by atoms with Crippen LogP contribution in [0.5, 0.6) is 0 Å². The standard InChI is InChI=1S/HN2O2/c3-1-2-4/h(H,1,4). The van der Waals surface area contributed by atoms with Gasteiger partial charge in [-0.1, -0.05) is 5.21 Å². The van der Waals surface area contributed by atoms with Gasteiger partial charge < -0.3 is 0 Å². The van der Waals surface area contributed by atoms with Crippen molar-refractivity contribution < 1.29 is 5.21 Å². The van der Waals surface area contributed by atoms with Crippen LogP contribution in [0.15, 0.2) is 5.29 Å². The summed E-state index contributed by atoms with van der Waals surface area (Å²) in [5, 5.41) is 10.2. The van der Waals surface area contributed by atoms with Crippen molar-refractivity contribution in [3.8, 4) is 0 Å². The van der Waals surface area contributed by atoms with Crippen LogP contribution in [0.4, 0.5) is 0 Å². The molecule has 0 aliphatic heterocycles. The largest absolute Gasteiger partial charge is 0.123 e. The minimum Gasteiger partial charge on any atom is -0.123 e. The third kappa shape index (κ3) is 1.36. The fourth-order valence-corrected chi connectivity index (χ4v) is 0. The Morgan fingerprint density at radius 3 is 2.00 bits per heavy atom. The monoisotopic (exact) mass is 61.0 g/mol. The molecular weight excluding hydrogens is 60.0 g/mol. The van der Waals surface area contributed by atoms with Crippen molar-refractivity contribution in [2.45, 2.75) is 0 Å². The molecule has 1 radical (unpaired) electrons. The van der Waals surface area contributed by atoms with Crippen LogP contribution < -0.4 is 5.59 Å². The molecule has 0 saturated carbocycles. The minimum atomic E-state index is 0.750. The number of nitrogens with zero attached hydrogens (tertiary/aromatic N) is 1. The first-order valence-electron chi connectivity index (χ1n) is 0.610. The molecule has 0 aliphatic rings. The Hall–Kier alpha value is -0.640. The van der Waals surface area contributed by atoms with Crippen LogP contribution in [0.1, 0.15) is 0 Å². The molecule has 0 saturated heterocycles. The summed E-state index contributed by atoms with van der Waals surface area (Å²) >= 11 is 0. The molecule has 0 rings (SSSR count). The summed E-state index contributed by atoms with van der Waals surface area (Å²) in [6.45, 7) is 0. The van der Waals surface area contributed by atoms with Crippen LogP contribution >= 0.6 is 0 Å². The molecule has 0 aromatic heterocycles. The van der Waals surface area contributed by atoms with Crippen molar-refractivity contribution in [3.63, 3.8) is 0 Å². The van der Waals surface area contributed by atoms with Gasteiger partial charge in [0.25, 0.3) is 0 Å². The van der Waals surface area contributed by atoms with Gasteiger partial charge in [0, 0.05) is 0 Å². The van der Waals surface area contributed by atoms with E-state index in [-0.39, 0.29) is 0 Å². The van der Waals surface area contributed by atoms with Crippen LogP contribution in [0.25, 0.3) is 0 Å². The number of nitroso groups, excluding NO2 is 1. The number of hydrogen-bond acceptors (Lipinski definition) is 2. The van der Waals surface area contributed by atoms with Gasteiger partial charge in [-0.25, -0.2) is 0 Å². The molecule has 0 unspecified atom stereocenters. The summed E-state index contributed by atoms with van der Waals surface area (Å²) < 4.78 is 0. The Bertz CT molecular complexity index is 18.0. The highest BCUT2D eigenvalue weighted by Gasteiger charge is 1.47. The SMILES string of the molecule is [O]NN=O. The maximum Gasteiger partial charge on any atom is 0.0787 e. The van der Waals surface area contributed by atoms with Crippen LogP contribution in [-0.2, 0) is 5.21 Å². The molecule has 23 valence electrons. The number of hydrogen-bond donors (Lipinski definition) is 1. The zero-order valence-electron chi connectivity index (χ0n) is 1.76. The van der Waals surface area contributed by atoms with Crippen LogP contribution in [0.3, 0.4) is 0 Å². The molecule has 0 atom stereocenters. The molecule has 0 aliphatic carbocycles. The second-order valence-electron chi connectivity index (χ2n) is 0.183. The van der Waals surface area contributed by atoms with Crippen LogP contribution in [0, 0.1) is 4.91 Å². The van der Waals surface area contributed by atoms with E-state index in [0.29, 0.717) is 0 Å². The fourth-order valence-electron chi connectivity index (χ4n) is 0. The highest BCUT2D eigenvalue weighted by atomic mass is 16.5. The second-order valence-corrected chi connectivity index (χ2v) is 0.183. The molecule has 0 heterocycles. The molecule has 0 fully saturated rings. The Balaban J connectivity index is 2.30. The Morgan fingerprint density at radius 2 is 2.00 bits per heavy atom. The fraction of sp³-hybridized carbons (Fsp3) is 0. The predicted molar refractivity (Wildman–Crippen MR) is 9.62 cm³/mol. The summed E-state index contributed by atoms with van der Waals surface area (Å²) in [4.78, 5) is 8.50. The lowest BCUT2D eigenvalue weighted by atomic mass is 12.8. The predicted octanol–water partition coefficient (Wildman–Crippen LogP) is -0.397. The molecular formula is HN2O2. The summed E-state index contributed by atoms with van der Waals surface area (Å²) in [7, 11) is 0. The maximum absolute atomic E-state index is 8.57. The molecule has 0 bridgehead atoms. The summed E-state index contributed by atoms with van der Waals surface area (Å²) in [5.41, 5.74) is 0.750. The first-order chi connectivity index (χ1) is 1.91. The molecule has 0 spiro atoms. The first kappa shape index (κ1) is 3.36. The van der Waals surface area contributed by atoms with Crippen LogP contribution in [0.2, 0.25) is 0 Å². The van der Waals surface area contributed by atoms with E-state index in [1.807, 2.05) is 0 Å². The quantitative estimate of drug-likeness (QED) is 0.331. The van der Waals surface area contributed by atoms with Gasteiger partial charge in [-0.2, -0.15) is 0 Å². The van der Waals surface area contributed by atoms with E-state index in [9.17, 15) is 0 Å². The highest BCUT2D eigenvalue weighted by molar-refractivity contribution is 3.96.